The van der Waals surface area contributed by atoms with Crippen LogP contribution in [0.2, 0.25) is 0 Å². The molecule has 17 heavy (non-hydrogen) atoms. The first-order valence-electron chi connectivity index (χ1n) is 5.63. The SMILES string of the molecule is Cc1ccc(C)c(-n2cc(Br)c(CCN)n2)c1. The van der Waals surface area contributed by atoms with E-state index in [0.717, 1.165) is 22.3 Å². The molecule has 0 aliphatic carbocycles. The van der Waals surface area contributed by atoms with E-state index >= 15 is 0 Å². The molecule has 3 nitrogen and oxygen atoms in total. The molecule has 0 amide bonds. The molecule has 0 spiro atoms. The summed E-state index contributed by atoms with van der Waals surface area (Å²) >= 11 is 3.52. The van der Waals surface area contributed by atoms with E-state index in [1.807, 2.05) is 10.9 Å². The number of benzene rings is 1. The van der Waals surface area contributed by atoms with Crippen LogP contribution in [0.3, 0.4) is 0 Å². The van der Waals surface area contributed by atoms with Crippen molar-refractivity contribution in [2.24, 2.45) is 5.73 Å². The smallest absolute Gasteiger partial charge is 0.0783 e. The number of halogens is 1. The Morgan fingerprint density at radius 2 is 2.12 bits per heavy atom. The Balaban J connectivity index is 2.45. The summed E-state index contributed by atoms with van der Waals surface area (Å²) in [6.45, 7) is 4.79. The maximum absolute atomic E-state index is 5.56. The third-order valence-electron chi connectivity index (χ3n) is 2.73. The molecule has 1 aromatic carbocycles. The summed E-state index contributed by atoms with van der Waals surface area (Å²) in [5, 5.41) is 4.56. The van der Waals surface area contributed by atoms with Gasteiger partial charge in [-0.2, -0.15) is 5.10 Å². The number of hydrogen-bond acceptors (Lipinski definition) is 2. The molecule has 2 N–H and O–H groups in total. The van der Waals surface area contributed by atoms with Gasteiger partial charge in [-0.05, 0) is 53.5 Å². The van der Waals surface area contributed by atoms with Crippen LogP contribution in [-0.4, -0.2) is 16.3 Å². The van der Waals surface area contributed by atoms with Gasteiger partial charge in [0.1, 0.15) is 0 Å². The lowest BCUT2D eigenvalue weighted by atomic mass is 10.1. The summed E-state index contributed by atoms with van der Waals surface area (Å²) in [6.07, 6.45) is 2.78. The van der Waals surface area contributed by atoms with Gasteiger partial charge in [-0.25, -0.2) is 4.68 Å². The van der Waals surface area contributed by atoms with Gasteiger partial charge in [-0.3, -0.25) is 0 Å². The Hall–Kier alpha value is -1.13. The minimum absolute atomic E-state index is 0.614. The number of aromatic nitrogens is 2. The first-order valence-corrected chi connectivity index (χ1v) is 6.43. The van der Waals surface area contributed by atoms with E-state index in [0.29, 0.717) is 6.54 Å². The number of aryl methyl sites for hydroxylation is 2. The molecule has 2 aromatic rings. The van der Waals surface area contributed by atoms with Crippen molar-refractivity contribution >= 4 is 15.9 Å². The molecule has 0 saturated carbocycles. The van der Waals surface area contributed by atoms with Crippen molar-refractivity contribution in [3.8, 4) is 5.69 Å². The van der Waals surface area contributed by atoms with E-state index in [1.165, 1.54) is 11.1 Å². The zero-order chi connectivity index (χ0) is 12.4. The highest BCUT2D eigenvalue weighted by Gasteiger charge is 2.08. The molecule has 0 aliphatic heterocycles. The molecule has 1 heterocycles. The fourth-order valence-electron chi connectivity index (χ4n) is 1.78. The third kappa shape index (κ3) is 2.58. The van der Waals surface area contributed by atoms with Gasteiger partial charge in [0.25, 0.3) is 0 Å². The van der Waals surface area contributed by atoms with E-state index < -0.39 is 0 Å². The van der Waals surface area contributed by atoms with Gasteiger partial charge in [0.15, 0.2) is 0 Å². The molecule has 90 valence electrons. The van der Waals surface area contributed by atoms with Crippen LogP contribution in [0.1, 0.15) is 16.8 Å². The van der Waals surface area contributed by atoms with E-state index in [4.69, 9.17) is 5.73 Å². The number of nitrogens with zero attached hydrogens (tertiary/aromatic N) is 2. The standard InChI is InChI=1S/C13H16BrN3/c1-9-3-4-10(2)13(7-9)17-8-11(14)12(16-17)5-6-15/h3-4,7-8H,5-6,15H2,1-2H3. The van der Waals surface area contributed by atoms with Crippen LogP contribution in [-0.2, 0) is 6.42 Å². The van der Waals surface area contributed by atoms with Crippen LogP contribution >= 0.6 is 15.9 Å². The lowest BCUT2D eigenvalue weighted by molar-refractivity contribution is 0.816. The molecule has 0 aliphatic rings. The monoisotopic (exact) mass is 293 g/mol. The summed E-state index contributed by atoms with van der Waals surface area (Å²) in [5.74, 6) is 0. The van der Waals surface area contributed by atoms with Crippen LogP contribution in [0.15, 0.2) is 28.9 Å². The first kappa shape index (κ1) is 12.3. The van der Waals surface area contributed by atoms with Gasteiger partial charge in [0, 0.05) is 12.6 Å². The molecule has 0 radical (unpaired) electrons. The Morgan fingerprint density at radius 1 is 1.35 bits per heavy atom. The van der Waals surface area contributed by atoms with Crippen LogP contribution in [0.5, 0.6) is 0 Å². The van der Waals surface area contributed by atoms with E-state index in [-0.39, 0.29) is 0 Å². The number of hydrogen-bond donors (Lipinski definition) is 1. The summed E-state index contributed by atoms with van der Waals surface area (Å²) < 4.78 is 2.93. The predicted octanol–water partition coefficient (Wildman–Crippen LogP) is 2.75. The fraction of sp³-hybridized carbons (Fsp3) is 0.308. The fourth-order valence-corrected chi connectivity index (χ4v) is 2.26. The summed E-state index contributed by atoms with van der Waals surface area (Å²) in [7, 11) is 0. The summed E-state index contributed by atoms with van der Waals surface area (Å²) in [6, 6.07) is 6.36. The second kappa shape index (κ2) is 5.02. The van der Waals surface area contributed by atoms with E-state index in [9.17, 15) is 0 Å². The molecule has 0 unspecified atom stereocenters. The Labute approximate surface area is 110 Å². The van der Waals surface area contributed by atoms with Crippen molar-refractivity contribution in [2.75, 3.05) is 6.54 Å². The molecule has 0 saturated heterocycles. The molecule has 0 fully saturated rings. The van der Waals surface area contributed by atoms with E-state index in [2.05, 4.69) is 53.1 Å². The van der Waals surface area contributed by atoms with Crippen molar-refractivity contribution in [3.63, 3.8) is 0 Å². The molecular formula is C13H16BrN3. The van der Waals surface area contributed by atoms with Crippen molar-refractivity contribution < 1.29 is 0 Å². The van der Waals surface area contributed by atoms with Gasteiger partial charge in [0.2, 0.25) is 0 Å². The Bertz CT molecular complexity index is 531. The van der Waals surface area contributed by atoms with Crippen molar-refractivity contribution in [2.45, 2.75) is 20.3 Å². The highest BCUT2D eigenvalue weighted by Crippen LogP contribution is 2.21. The maximum atomic E-state index is 5.56. The van der Waals surface area contributed by atoms with Crippen molar-refractivity contribution in [1.29, 1.82) is 0 Å². The molecule has 4 heteroatoms. The second-order valence-electron chi connectivity index (χ2n) is 4.20. The third-order valence-corrected chi connectivity index (χ3v) is 3.39. The quantitative estimate of drug-likeness (QED) is 0.946. The average Bonchev–Trinajstić information content (AvgIpc) is 2.64. The average molecular weight is 294 g/mol. The maximum Gasteiger partial charge on any atom is 0.0783 e. The number of nitrogens with two attached hydrogens (primary N) is 1. The Morgan fingerprint density at radius 3 is 2.82 bits per heavy atom. The van der Waals surface area contributed by atoms with Crippen molar-refractivity contribution in [3.05, 3.63) is 45.7 Å². The van der Waals surface area contributed by atoms with Crippen LogP contribution < -0.4 is 5.73 Å². The molecule has 1 aromatic heterocycles. The van der Waals surface area contributed by atoms with Gasteiger partial charge in [-0.1, -0.05) is 12.1 Å². The van der Waals surface area contributed by atoms with Crippen LogP contribution in [0.4, 0.5) is 0 Å². The minimum atomic E-state index is 0.614. The van der Waals surface area contributed by atoms with Crippen LogP contribution in [0, 0.1) is 13.8 Å². The molecule has 2 rings (SSSR count). The lowest BCUT2D eigenvalue weighted by Crippen LogP contribution is -2.05. The topological polar surface area (TPSA) is 43.8 Å². The van der Waals surface area contributed by atoms with Gasteiger partial charge < -0.3 is 5.73 Å². The van der Waals surface area contributed by atoms with E-state index in [1.54, 1.807) is 0 Å². The molecule has 0 atom stereocenters. The van der Waals surface area contributed by atoms with Crippen molar-refractivity contribution in [1.82, 2.24) is 9.78 Å². The largest absolute Gasteiger partial charge is 0.330 e. The summed E-state index contributed by atoms with van der Waals surface area (Å²) in [5.41, 5.74) is 10.1. The van der Waals surface area contributed by atoms with Gasteiger partial charge in [-0.15, -0.1) is 0 Å². The first-order chi connectivity index (χ1) is 8.11. The highest BCUT2D eigenvalue weighted by atomic mass is 79.9. The molecule has 0 bridgehead atoms. The second-order valence-corrected chi connectivity index (χ2v) is 5.05. The normalized spacial score (nSPS) is 10.8. The molecular weight excluding hydrogens is 278 g/mol. The zero-order valence-corrected chi connectivity index (χ0v) is 11.7. The summed E-state index contributed by atoms with van der Waals surface area (Å²) in [4.78, 5) is 0. The Kier molecular flexibility index (Phi) is 3.64. The lowest BCUT2D eigenvalue weighted by Gasteiger charge is -2.06. The van der Waals surface area contributed by atoms with Gasteiger partial charge in [0.05, 0.1) is 15.9 Å². The van der Waals surface area contributed by atoms with Gasteiger partial charge >= 0.3 is 0 Å². The zero-order valence-electron chi connectivity index (χ0n) is 10.1. The minimum Gasteiger partial charge on any atom is -0.330 e. The van der Waals surface area contributed by atoms with Crippen LogP contribution in [0.25, 0.3) is 5.69 Å². The predicted molar refractivity (Wildman–Crippen MR) is 73.5 cm³/mol. The number of rotatable bonds is 3. The highest BCUT2D eigenvalue weighted by molar-refractivity contribution is 9.10.